The van der Waals surface area contributed by atoms with Gasteiger partial charge in [-0.25, -0.2) is 0 Å². The van der Waals surface area contributed by atoms with Gasteiger partial charge in [0.1, 0.15) is 18.2 Å². The monoisotopic (exact) mass is 442 g/mol. The van der Waals surface area contributed by atoms with Crippen LogP contribution in [0.3, 0.4) is 0 Å². The Labute approximate surface area is 187 Å². The Morgan fingerprint density at radius 2 is 1.93 bits per heavy atom. The lowest BCUT2D eigenvalue weighted by atomic mass is 9.89. The summed E-state index contributed by atoms with van der Waals surface area (Å²) in [5.41, 5.74) is 1.70. The van der Waals surface area contributed by atoms with E-state index in [1.165, 1.54) is 0 Å². The first kappa shape index (κ1) is 22.4. The van der Waals surface area contributed by atoms with Crippen molar-refractivity contribution in [3.8, 4) is 6.07 Å². The lowest BCUT2D eigenvalue weighted by Gasteiger charge is -2.46. The molecule has 1 amide bonds. The molecule has 4 atom stereocenters. The molecule has 4 nitrogen and oxygen atoms in total. The molecule has 0 spiro atoms. The van der Waals surface area contributed by atoms with E-state index in [2.05, 4.69) is 12.6 Å². The maximum Gasteiger partial charge on any atom is 0.253 e. The molecule has 156 valence electrons. The van der Waals surface area contributed by atoms with Gasteiger partial charge in [-0.1, -0.05) is 66.9 Å². The van der Waals surface area contributed by atoms with Crippen LogP contribution in [0, 0.1) is 11.3 Å². The van der Waals surface area contributed by atoms with Gasteiger partial charge in [0.25, 0.3) is 5.91 Å². The number of halogens is 2. The van der Waals surface area contributed by atoms with E-state index >= 15 is 0 Å². The van der Waals surface area contributed by atoms with E-state index < -0.39 is 24.3 Å². The van der Waals surface area contributed by atoms with Crippen molar-refractivity contribution in [3.05, 3.63) is 82.4 Å². The van der Waals surface area contributed by atoms with Crippen molar-refractivity contribution in [3.63, 3.8) is 0 Å². The summed E-state index contributed by atoms with van der Waals surface area (Å²) in [4.78, 5) is 15.1. The summed E-state index contributed by atoms with van der Waals surface area (Å²) in [6.45, 7) is 5.77. The van der Waals surface area contributed by atoms with Gasteiger partial charge in [-0.2, -0.15) is 5.26 Å². The Bertz CT molecular complexity index is 939. The molecule has 1 saturated heterocycles. The number of nitriles is 1. The van der Waals surface area contributed by atoms with Gasteiger partial charge in [0, 0.05) is 16.5 Å². The number of rotatable bonds is 7. The third-order valence-corrected chi connectivity index (χ3v) is 5.73. The molecule has 1 fully saturated rings. The Morgan fingerprint density at radius 3 is 2.53 bits per heavy atom. The van der Waals surface area contributed by atoms with E-state index in [1.807, 2.05) is 37.3 Å². The zero-order valence-electron chi connectivity index (χ0n) is 16.8. The number of benzene rings is 2. The van der Waals surface area contributed by atoms with Crippen molar-refractivity contribution in [1.29, 1.82) is 5.26 Å². The van der Waals surface area contributed by atoms with Gasteiger partial charge >= 0.3 is 0 Å². The lowest BCUT2D eigenvalue weighted by molar-refractivity contribution is -0.176. The fourth-order valence-corrected chi connectivity index (χ4v) is 4.22. The number of nitrogens with zero attached hydrogens (tertiary/aromatic N) is 2. The van der Waals surface area contributed by atoms with Crippen LogP contribution in [0.2, 0.25) is 10.0 Å². The maximum absolute atomic E-state index is 13.4. The predicted molar refractivity (Wildman–Crippen MR) is 119 cm³/mol. The average molecular weight is 443 g/mol. The third kappa shape index (κ3) is 4.70. The first-order valence-electron chi connectivity index (χ1n) is 9.99. The van der Waals surface area contributed by atoms with Crippen molar-refractivity contribution in [2.24, 2.45) is 0 Å². The van der Waals surface area contributed by atoms with E-state index in [4.69, 9.17) is 27.9 Å². The molecular formula is C24H24Cl2N2O2. The molecule has 30 heavy (non-hydrogen) atoms. The highest BCUT2D eigenvalue weighted by Crippen LogP contribution is 2.44. The molecule has 0 N–H and O–H groups in total. The smallest absolute Gasteiger partial charge is 0.253 e. The highest BCUT2D eigenvalue weighted by atomic mass is 35.5. The van der Waals surface area contributed by atoms with E-state index in [0.29, 0.717) is 22.9 Å². The number of amides is 1. The summed E-state index contributed by atoms with van der Waals surface area (Å²) in [6.07, 6.45) is 2.20. The van der Waals surface area contributed by atoms with Crippen LogP contribution in [0.25, 0.3) is 0 Å². The van der Waals surface area contributed by atoms with Crippen LogP contribution in [0.15, 0.2) is 61.2 Å². The Balaban J connectivity index is 2.17. The fraction of sp³-hybridized carbons (Fsp3) is 0.333. The van der Waals surface area contributed by atoms with Crippen LogP contribution in [-0.4, -0.2) is 23.0 Å². The molecule has 0 radical (unpaired) electrons. The fourth-order valence-electron chi connectivity index (χ4n) is 3.89. The first-order valence-corrected chi connectivity index (χ1v) is 10.7. The molecule has 0 saturated carbocycles. The number of morpholine rings is 1. The second-order valence-electron chi connectivity index (χ2n) is 7.30. The Morgan fingerprint density at radius 1 is 1.20 bits per heavy atom. The van der Waals surface area contributed by atoms with Gasteiger partial charge in [-0.15, -0.1) is 6.58 Å². The quantitative estimate of drug-likeness (QED) is 0.474. The molecular weight excluding hydrogens is 419 g/mol. The van der Waals surface area contributed by atoms with Crippen molar-refractivity contribution >= 4 is 29.1 Å². The second kappa shape index (κ2) is 10.1. The van der Waals surface area contributed by atoms with Crippen molar-refractivity contribution in [2.75, 3.05) is 0 Å². The minimum absolute atomic E-state index is 0.201. The van der Waals surface area contributed by atoms with Crippen LogP contribution in [0.1, 0.15) is 49.5 Å². The van der Waals surface area contributed by atoms with Crippen molar-refractivity contribution < 1.29 is 9.53 Å². The van der Waals surface area contributed by atoms with Crippen LogP contribution < -0.4 is 0 Å². The number of ether oxygens (including phenoxy) is 1. The molecule has 0 unspecified atom stereocenters. The largest absolute Gasteiger partial charge is 0.358 e. The van der Waals surface area contributed by atoms with Crippen LogP contribution >= 0.6 is 23.2 Å². The van der Waals surface area contributed by atoms with Crippen LogP contribution in [-0.2, 0) is 9.53 Å². The minimum Gasteiger partial charge on any atom is -0.358 e. The number of hydrogen-bond acceptors (Lipinski definition) is 3. The summed E-state index contributed by atoms with van der Waals surface area (Å²) in [6, 6.07) is 16.0. The van der Waals surface area contributed by atoms with E-state index in [1.54, 1.807) is 29.2 Å². The SMILES string of the molecule is C=CC[C@H]1O[C@H](c2cccc(Cl)c2)[C@H](c2ccc(Cl)cc2)N([C@H](C#N)CCC)C1=O. The topological polar surface area (TPSA) is 53.3 Å². The molecule has 0 aliphatic carbocycles. The molecule has 2 aromatic rings. The molecule has 0 bridgehead atoms. The molecule has 3 rings (SSSR count). The summed E-state index contributed by atoms with van der Waals surface area (Å²) in [5, 5.41) is 11.1. The Kier molecular flexibility index (Phi) is 7.55. The molecule has 6 heteroatoms. The Hall–Kier alpha value is -2.32. The van der Waals surface area contributed by atoms with Gasteiger partial charge < -0.3 is 9.64 Å². The highest BCUT2D eigenvalue weighted by Gasteiger charge is 2.46. The predicted octanol–water partition coefficient (Wildman–Crippen LogP) is 6.27. The summed E-state index contributed by atoms with van der Waals surface area (Å²) in [7, 11) is 0. The molecule has 1 aliphatic rings. The van der Waals surface area contributed by atoms with Crippen LogP contribution in [0.5, 0.6) is 0 Å². The number of hydrogen-bond donors (Lipinski definition) is 0. The van der Waals surface area contributed by atoms with E-state index in [9.17, 15) is 10.1 Å². The minimum atomic E-state index is -0.706. The lowest BCUT2D eigenvalue weighted by Crippen LogP contribution is -2.54. The summed E-state index contributed by atoms with van der Waals surface area (Å²) >= 11 is 12.4. The first-order chi connectivity index (χ1) is 14.5. The molecule has 1 heterocycles. The molecule has 2 aromatic carbocycles. The van der Waals surface area contributed by atoms with Crippen molar-refractivity contribution in [1.82, 2.24) is 4.90 Å². The standard InChI is InChI=1S/C24H24Cl2N2O2/c1-3-6-20(15-27)28-22(16-10-12-18(25)13-11-16)23(17-8-5-9-19(26)14-17)30-21(7-4-2)24(28)29/h4-5,8-14,20-23H,2-3,6-7H2,1H3/t20-,21+,22-,23+/m0/s1. The number of carbonyl (C=O) groups is 1. The second-order valence-corrected chi connectivity index (χ2v) is 8.17. The van der Waals surface area contributed by atoms with Crippen LogP contribution in [0.4, 0.5) is 0 Å². The third-order valence-electron chi connectivity index (χ3n) is 5.24. The molecule has 0 aromatic heterocycles. The zero-order valence-corrected chi connectivity index (χ0v) is 18.3. The normalized spacial score (nSPS) is 22.4. The maximum atomic E-state index is 13.4. The average Bonchev–Trinajstić information content (AvgIpc) is 2.74. The summed E-state index contributed by atoms with van der Waals surface area (Å²) < 4.78 is 6.32. The highest BCUT2D eigenvalue weighted by molar-refractivity contribution is 6.30. The zero-order chi connectivity index (χ0) is 21.7. The van der Waals surface area contributed by atoms with Gasteiger partial charge in [-0.3, -0.25) is 4.79 Å². The van der Waals surface area contributed by atoms with E-state index in [-0.39, 0.29) is 5.91 Å². The van der Waals surface area contributed by atoms with Gasteiger partial charge in [-0.05, 0) is 41.8 Å². The van der Waals surface area contributed by atoms with E-state index in [0.717, 1.165) is 17.5 Å². The molecule has 1 aliphatic heterocycles. The van der Waals surface area contributed by atoms with Gasteiger partial charge in [0.2, 0.25) is 0 Å². The van der Waals surface area contributed by atoms with Gasteiger partial charge in [0.05, 0.1) is 12.1 Å². The summed E-state index contributed by atoms with van der Waals surface area (Å²) in [5.74, 6) is -0.201. The van der Waals surface area contributed by atoms with Crippen molar-refractivity contribution in [2.45, 2.75) is 50.5 Å². The van der Waals surface area contributed by atoms with Gasteiger partial charge in [0.15, 0.2) is 0 Å². The number of carbonyl (C=O) groups excluding carboxylic acids is 1.